The number of carbonyl (C=O) groups is 1. The fourth-order valence-corrected chi connectivity index (χ4v) is 1.70. The Balaban J connectivity index is 3.24. The molecule has 0 saturated heterocycles. The fourth-order valence-electron chi connectivity index (χ4n) is 1.24. The molecule has 0 saturated carbocycles. The summed E-state index contributed by atoms with van der Waals surface area (Å²) in [5.41, 5.74) is 6.44. The molecule has 1 amide bonds. The Morgan fingerprint density at radius 1 is 1.62 bits per heavy atom. The van der Waals surface area contributed by atoms with E-state index in [4.69, 9.17) is 5.73 Å². The molecule has 4 nitrogen and oxygen atoms in total. The molecule has 5 heteroatoms. The Morgan fingerprint density at radius 2 is 2.31 bits per heavy atom. The Morgan fingerprint density at radius 3 is 2.88 bits per heavy atom. The maximum atomic E-state index is 11.0. The van der Waals surface area contributed by atoms with Crippen molar-refractivity contribution in [1.29, 1.82) is 0 Å². The van der Waals surface area contributed by atoms with E-state index >= 15 is 0 Å². The summed E-state index contributed by atoms with van der Waals surface area (Å²) < 4.78 is 0.777. The summed E-state index contributed by atoms with van der Waals surface area (Å²) in [6, 6.07) is 3.21. The zero-order chi connectivity index (χ0) is 12.1. The fraction of sp³-hybridized carbons (Fsp3) is 0.182. The van der Waals surface area contributed by atoms with E-state index in [1.807, 2.05) is 0 Å². The number of anilines is 1. The van der Waals surface area contributed by atoms with Gasteiger partial charge in [0.25, 0.3) is 0 Å². The number of carbonyl (C=O) groups excluding carboxylic acids is 1. The number of aromatic hydroxyl groups is 1. The first kappa shape index (κ1) is 12.7. The first-order chi connectivity index (χ1) is 7.56. The van der Waals surface area contributed by atoms with Crippen LogP contribution in [0.4, 0.5) is 5.69 Å². The van der Waals surface area contributed by atoms with Crippen LogP contribution in [0.1, 0.15) is 12.5 Å². The number of hydrogen-bond donors (Lipinski definition) is 3. The molecule has 0 aliphatic rings. The lowest BCUT2D eigenvalue weighted by molar-refractivity contribution is -0.114. The number of phenols is 1. The number of phenolic OH excluding ortho intramolecular Hbond substituents is 1. The zero-order valence-corrected chi connectivity index (χ0v) is 10.4. The zero-order valence-electron chi connectivity index (χ0n) is 8.83. The van der Waals surface area contributed by atoms with Gasteiger partial charge in [0.2, 0.25) is 5.91 Å². The first-order valence-electron chi connectivity index (χ1n) is 4.72. The molecule has 1 aromatic carbocycles. The van der Waals surface area contributed by atoms with Gasteiger partial charge >= 0.3 is 0 Å². The molecule has 1 rings (SSSR count). The van der Waals surface area contributed by atoms with Crippen LogP contribution in [-0.2, 0) is 4.79 Å². The third-order valence-electron chi connectivity index (χ3n) is 1.89. The molecule has 0 aliphatic carbocycles. The predicted molar refractivity (Wildman–Crippen MR) is 68.2 cm³/mol. The predicted octanol–water partition coefficient (Wildman–Crippen LogP) is 2.08. The van der Waals surface area contributed by atoms with Crippen molar-refractivity contribution in [2.45, 2.75) is 6.92 Å². The van der Waals surface area contributed by atoms with Gasteiger partial charge in [0.15, 0.2) is 0 Å². The highest BCUT2D eigenvalue weighted by Crippen LogP contribution is 2.34. The molecular weight excluding hydrogens is 272 g/mol. The highest BCUT2D eigenvalue weighted by atomic mass is 79.9. The molecule has 86 valence electrons. The van der Waals surface area contributed by atoms with E-state index in [-0.39, 0.29) is 11.7 Å². The van der Waals surface area contributed by atoms with Crippen LogP contribution >= 0.6 is 15.9 Å². The van der Waals surface area contributed by atoms with Gasteiger partial charge in [0.05, 0.1) is 5.69 Å². The van der Waals surface area contributed by atoms with E-state index in [9.17, 15) is 9.90 Å². The molecule has 0 aliphatic heterocycles. The number of benzene rings is 1. The van der Waals surface area contributed by atoms with Crippen molar-refractivity contribution in [2.75, 3.05) is 11.9 Å². The van der Waals surface area contributed by atoms with Crippen molar-refractivity contribution in [3.05, 3.63) is 28.2 Å². The smallest absolute Gasteiger partial charge is 0.221 e. The Hall–Kier alpha value is -1.33. The molecule has 0 aromatic heterocycles. The van der Waals surface area contributed by atoms with E-state index in [0.717, 1.165) is 4.47 Å². The molecule has 0 bridgehead atoms. The van der Waals surface area contributed by atoms with Crippen molar-refractivity contribution in [1.82, 2.24) is 0 Å². The normalized spacial score (nSPS) is 10.7. The summed E-state index contributed by atoms with van der Waals surface area (Å²) in [4.78, 5) is 11.0. The number of nitrogens with one attached hydrogen (secondary N) is 1. The number of halogens is 1. The standard InChI is InChI=1S/C11H13BrN2O2/c1-7(15)14-11-8(3-2-6-13)9(12)4-5-10(11)16/h2-5,16H,6,13H2,1H3,(H,14,15)/b3-2+. The van der Waals surface area contributed by atoms with Crippen molar-refractivity contribution in [3.63, 3.8) is 0 Å². The van der Waals surface area contributed by atoms with E-state index < -0.39 is 0 Å². The van der Waals surface area contributed by atoms with Gasteiger partial charge in [-0.15, -0.1) is 0 Å². The van der Waals surface area contributed by atoms with Crippen molar-refractivity contribution in [2.24, 2.45) is 5.73 Å². The maximum Gasteiger partial charge on any atom is 0.221 e. The van der Waals surface area contributed by atoms with Crippen molar-refractivity contribution < 1.29 is 9.90 Å². The Labute approximate surface area is 102 Å². The van der Waals surface area contributed by atoms with E-state index in [2.05, 4.69) is 21.2 Å². The third-order valence-corrected chi connectivity index (χ3v) is 2.58. The molecule has 0 heterocycles. The van der Waals surface area contributed by atoms with Gasteiger partial charge in [0, 0.05) is 23.5 Å². The van der Waals surface area contributed by atoms with Gasteiger partial charge in [-0.05, 0) is 12.1 Å². The molecular formula is C11H13BrN2O2. The molecule has 0 atom stereocenters. The minimum Gasteiger partial charge on any atom is -0.506 e. The van der Waals surface area contributed by atoms with Gasteiger partial charge < -0.3 is 16.2 Å². The number of amides is 1. The van der Waals surface area contributed by atoms with E-state index in [1.165, 1.54) is 13.0 Å². The maximum absolute atomic E-state index is 11.0. The minimum atomic E-state index is -0.240. The van der Waals surface area contributed by atoms with Crippen molar-refractivity contribution in [3.8, 4) is 5.75 Å². The van der Waals surface area contributed by atoms with Gasteiger partial charge in [-0.3, -0.25) is 4.79 Å². The third kappa shape index (κ3) is 3.08. The summed E-state index contributed by atoms with van der Waals surface area (Å²) in [5, 5.41) is 12.2. The second-order valence-corrected chi connectivity index (χ2v) is 4.03. The monoisotopic (exact) mass is 284 g/mol. The van der Waals surface area contributed by atoms with Crippen LogP contribution in [0, 0.1) is 0 Å². The van der Waals surface area contributed by atoms with Gasteiger partial charge in [-0.2, -0.15) is 0 Å². The lowest BCUT2D eigenvalue weighted by Gasteiger charge is -2.10. The van der Waals surface area contributed by atoms with Crippen LogP contribution in [0.15, 0.2) is 22.7 Å². The summed E-state index contributed by atoms with van der Waals surface area (Å²) in [6.45, 7) is 1.78. The number of rotatable bonds is 3. The average Bonchev–Trinajstić information content (AvgIpc) is 2.22. The van der Waals surface area contributed by atoms with Gasteiger partial charge in [-0.1, -0.05) is 28.1 Å². The SMILES string of the molecule is CC(=O)Nc1c(O)ccc(Br)c1/C=C/CN. The molecule has 0 unspecified atom stereocenters. The Bertz CT molecular complexity index is 430. The minimum absolute atomic E-state index is 0.0232. The van der Waals surface area contributed by atoms with Gasteiger partial charge in [-0.25, -0.2) is 0 Å². The van der Waals surface area contributed by atoms with Crippen molar-refractivity contribution >= 4 is 33.6 Å². The Kier molecular flexibility index (Phi) is 4.52. The second-order valence-electron chi connectivity index (χ2n) is 3.17. The van der Waals surface area contributed by atoms with Crippen LogP contribution in [-0.4, -0.2) is 17.6 Å². The topological polar surface area (TPSA) is 75.3 Å². The van der Waals surface area contributed by atoms with Crippen LogP contribution in [0.5, 0.6) is 5.75 Å². The molecule has 0 radical (unpaired) electrons. The first-order valence-corrected chi connectivity index (χ1v) is 5.51. The molecule has 0 spiro atoms. The number of hydrogen-bond acceptors (Lipinski definition) is 3. The summed E-state index contributed by atoms with van der Waals surface area (Å²) in [6.07, 6.45) is 3.49. The number of nitrogens with two attached hydrogens (primary N) is 1. The summed E-state index contributed by atoms with van der Waals surface area (Å²) in [5.74, 6) is -0.217. The molecule has 0 fully saturated rings. The van der Waals surface area contributed by atoms with Crippen LogP contribution in [0.25, 0.3) is 6.08 Å². The molecule has 16 heavy (non-hydrogen) atoms. The van der Waals surface area contributed by atoms with Crippen LogP contribution in [0.3, 0.4) is 0 Å². The molecule has 1 aromatic rings. The van der Waals surface area contributed by atoms with Crippen LogP contribution < -0.4 is 11.1 Å². The van der Waals surface area contributed by atoms with Gasteiger partial charge in [0.1, 0.15) is 5.75 Å². The molecule has 4 N–H and O–H groups in total. The lowest BCUT2D eigenvalue weighted by Crippen LogP contribution is -2.07. The highest BCUT2D eigenvalue weighted by molar-refractivity contribution is 9.10. The van der Waals surface area contributed by atoms with E-state index in [1.54, 1.807) is 18.2 Å². The van der Waals surface area contributed by atoms with Crippen LogP contribution in [0.2, 0.25) is 0 Å². The summed E-state index contributed by atoms with van der Waals surface area (Å²) in [7, 11) is 0. The highest BCUT2D eigenvalue weighted by Gasteiger charge is 2.10. The lowest BCUT2D eigenvalue weighted by atomic mass is 10.1. The van der Waals surface area contributed by atoms with E-state index in [0.29, 0.717) is 17.8 Å². The second kappa shape index (κ2) is 5.67. The largest absolute Gasteiger partial charge is 0.506 e. The summed E-state index contributed by atoms with van der Waals surface area (Å²) >= 11 is 3.35. The average molecular weight is 285 g/mol. The quantitative estimate of drug-likeness (QED) is 0.744.